The van der Waals surface area contributed by atoms with Crippen molar-refractivity contribution in [2.75, 3.05) is 17.3 Å². The maximum absolute atomic E-state index is 11.1. The van der Waals surface area contributed by atoms with Gasteiger partial charge in [0.15, 0.2) is 9.84 Å². The van der Waals surface area contributed by atoms with Crippen molar-refractivity contribution in [2.24, 2.45) is 0 Å². The number of amides is 1. The molecular weight excluding hydrogens is 254 g/mol. The van der Waals surface area contributed by atoms with Crippen LogP contribution in [-0.4, -0.2) is 54.5 Å². The van der Waals surface area contributed by atoms with Gasteiger partial charge in [-0.05, 0) is 6.42 Å². The Morgan fingerprint density at radius 1 is 1.62 bits per heavy atom. The molecular formula is C8H13NO5S2. The first-order chi connectivity index (χ1) is 7.44. The van der Waals surface area contributed by atoms with E-state index in [-0.39, 0.29) is 22.5 Å². The SMILES string of the molecule is O=CNC(CSC1CCS(=O)(=O)C1)C(=O)O. The van der Waals surface area contributed by atoms with Crippen LogP contribution in [0.15, 0.2) is 0 Å². The van der Waals surface area contributed by atoms with Crippen LogP contribution in [0.4, 0.5) is 0 Å². The van der Waals surface area contributed by atoms with Crippen LogP contribution < -0.4 is 5.32 Å². The highest BCUT2D eigenvalue weighted by atomic mass is 32.2. The van der Waals surface area contributed by atoms with Crippen LogP contribution in [0.1, 0.15) is 6.42 Å². The first-order valence-electron chi connectivity index (χ1n) is 4.69. The summed E-state index contributed by atoms with van der Waals surface area (Å²) in [5.41, 5.74) is 0. The zero-order valence-corrected chi connectivity index (χ0v) is 10.1. The maximum Gasteiger partial charge on any atom is 0.327 e. The number of hydrogen-bond donors (Lipinski definition) is 2. The zero-order chi connectivity index (χ0) is 12.2. The smallest absolute Gasteiger partial charge is 0.327 e. The van der Waals surface area contributed by atoms with Crippen molar-refractivity contribution in [2.45, 2.75) is 17.7 Å². The summed E-state index contributed by atoms with van der Waals surface area (Å²) in [5.74, 6) is -0.650. The number of thioether (sulfide) groups is 1. The number of nitrogens with one attached hydrogen (secondary N) is 1. The normalized spacial score (nSPS) is 24.9. The van der Waals surface area contributed by atoms with E-state index < -0.39 is 21.8 Å². The van der Waals surface area contributed by atoms with Crippen molar-refractivity contribution >= 4 is 34.0 Å². The van der Waals surface area contributed by atoms with Gasteiger partial charge in [0.1, 0.15) is 6.04 Å². The molecule has 1 aliphatic heterocycles. The summed E-state index contributed by atoms with van der Waals surface area (Å²) in [6, 6.07) is -0.953. The van der Waals surface area contributed by atoms with Gasteiger partial charge < -0.3 is 10.4 Å². The number of carboxylic acid groups (broad SMARTS) is 1. The lowest BCUT2D eigenvalue weighted by Gasteiger charge is -2.13. The average molecular weight is 267 g/mol. The van der Waals surface area contributed by atoms with Crippen LogP contribution in [0.3, 0.4) is 0 Å². The van der Waals surface area contributed by atoms with Crippen molar-refractivity contribution in [3.63, 3.8) is 0 Å². The molecule has 0 aromatic heterocycles. The topological polar surface area (TPSA) is 101 Å². The first-order valence-corrected chi connectivity index (χ1v) is 7.56. The molecule has 0 bridgehead atoms. The molecule has 2 atom stereocenters. The molecule has 0 aromatic carbocycles. The Hall–Kier alpha value is -0.760. The lowest BCUT2D eigenvalue weighted by atomic mass is 10.3. The Morgan fingerprint density at radius 2 is 2.31 bits per heavy atom. The van der Waals surface area contributed by atoms with E-state index in [9.17, 15) is 18.0 Å². The Bertz CT molecular complexity index is 367. The zero-order valence-electron chi connectivity index (χ0n) is 8.46. The number of hydrogen-bond acceptors (Lipinski definition) is 5. The van der Waals surface area contributed by atoms with Gasteiger partial charge in [-0.15, -0.1) is 0 Å². The summed E-state index contributed by atoms with van der Waals surface area (Å²) >= 11 is 1.28. The minimum atomic E-state index is -2.93. The maximum atomic E-state index is 11.1. The van der Waals surface area contributed by atoms with Gasteiger partial charge in [-0.3, -0.25) is 4.79 Å². The predicted molar refractivity (Wildman–Crippen MR) is 60.1 cm³/mol. The molecule has 6 nitrogen and oxygen atoms in total. The molecule has 1 fully saturated rings. The fourth-order valence-electron chi connectivity index (χ4n) is 1.40. The lowest BCUT2D eigenvalue weighted by molar-refractivity contribution is -0.139. The number of carboxylic acids is 1. The lowest BCUT2D eigenvalue weighted by Crippen LogP contribution is -2.38. The first kappa shape index (κ1) is 13.3. The third kappa shape index (κ3) is 4.01. The van der Waals surface area contributed by atoms with Crippen LogP contribution >= 0.6 is 11.8 Å². The summed E-state index contributed by atoms with van der Waals surface area (Å²) in [5, 5.41) is 10.8. The molecule has 16 heavy (non-hydrogen) atoms. The van der Waals surface area contributed by atoms with E-state index in [1.165, 1.54) is 11.8 Å². The van der Waals surface area contributed by atoms with Gasteiger partial charge in [-0.2, -0.15) is 11.8 Å². The molecule has 8 heteroatoms. The third-order valence-electron chi connectivity index (χ3n) is 2.26. The molecule has 1 saturated heterocycles. The van der Waals surface area contributed by atoms with Gasteiger partial charge in [0.2, 0.25) is 6.41 Å². The van der Waals surface area contributed by atoms with Crippen molar-refractivity contribution in [3.05, 3.63) is 0 Å². The highest BCUT2D eigenvalue weighted by Crippen LogP contribution is 2.24. The van der Waals surface area contributed by atoms with Crippen LogP contribution in [0.25, 0.3) is 0 Å². The molecule has 2 unspecified atom stereocenters. The number of carbonyl (C=O) groups excluding carboxylic acids is 1. The largest absolute Gasteiger partial charge is 0.480 e. The van der Waals surface area contributed by atoms with Crippen LogP contribution in [0.2, 0.25) is 0 Å². The van der Waals surface area contributed by atoms with Crippen molar-refractivity contribution < 1.29 is 23.1 Å². The molecule has 1 heterocycles. The summed E-state index contributed by atoms with van der Waals surface area (Å²) < 4.78 is 22.3. The van der Waals surface area contributed by atoms with Crippen LogP contribution in [0.5, 0.6) is 0 Å². The molecule has 0 spiro atoms. The second-order valence-electron chi connectivity index (χ2n) is 3.53. The minimum absolute atomic E-state index is 0.0553. The van der Waals surface area contributed by atoms with E-state index in [0.29, 0.717) is 12.8 Å². The average Bonchev–Trinajstić information content (AvgIpc) is 2.52. The molecule has 0 radical (unpaired) electrons. The number of aliphatic carboxylic acids is 1. The van der Waals surface area contributed by atoms with Crippen molar-refractivity contribution in [1.82, 2.24) is 5.32 Å². The minimum Gasteiger partial charge on any atom is -0.480 e. The van der Waals surface area contributed by atoms with Gasteiger partial charge >= 0.3 is 5.97 Å². The Balaban J connectivity index is 2.38. The molecule has 1 rings (SSSR count). The van der Waals surface area contributed by atoms with E-state index >= 15 is 0 Å². The molecule has 1 amide bonds. The standard InChI is InChI=1S/C8H13NO5S2/c10-5-9-7(8(11)12)3-15-6-1-2-16(13,14)4-6/h5-7H,1-4H2,(H,9,10)(H,11,12). The van der Waals surface area contributed by atoms with Crippen LogP contribution in [0, 0.1) is 0 Å². The van der Waals surface area contributed by atoms with Gasteiger partial charge in [0.25, 0.3) is 0 Å². The van der Waals surface area contributed by atoms with Gasteiger partial charge in [-0.1, -0.05) is 0 Å². The second kappa shape index (κ2) is 5.53. The number of rotatable bonds is 6. The van der Waals surface area contributed by atoms with Crippen molar-refractivity contribution in [1.29, 1.82) is 0 Å². The van der Waals surface area contributed by atoms with Gasteiger partial charge in [-0.25, -0.2) is 13.2 Å². The van der Waals surface area contributed by atoms with Gasteiger partial charge in [0.05, 0.1) is 11.5 Å². The third-order valence-corrected chi connectivity index (χ3v) is 5.64. The van der Waals surface area contributed by atoms with E-state index in [2.05, 4.69) is 5.32 Å². The highest BCUT2D eigenvalue weighted by molar-refractivity contribution is 8.01. The molecule has 92 valence electrons. The molecule has 2 N–H and O–H groups in total. The van der Waals surface area contributed by atoms with E-state index in [1.54, 1.807) is 0 Å². The Kier molecular flexibility index (Phi) is 4.60. The summed E-state index contributed by atoms with van der Waals surface area (Å²) in [6.07, 6.45) is 0.894. The Labute approximate surface area is 97.7 Å². The molecule has 0 aromatic rings. The highest BCUT2D eigenvalue weighted by Gasteiger charge is 2.29. The fourth-order valence-corrected chi connectivity index (χ4v) is 5.08. The van der Waals surface area contributed by atoms with Crippen molar-refractivity contribution in [3.8, 4) is 0 Å². The van der Waals surface area contributed by atoms with Crippen LogP contribution in [-0.2, 0) is 19.4 Å². The summed E-state index contributed by atoms with van der Waals surface area (Å²) in [6.45, 7) is 0. The summed E-state index contributed by atoms with van der Waals surface area (Å²) in [4.78, 5) is 20.8. The number of carbonyl (C=O) groups is 2. The second-order valence-corrected chi connectivity index (χ2v) is 7.10. The quantitative estimate of drug-likeness (QED) is 0.605. The molecule has 0 aliphatic carbocycles. The van der Waals surface area contributed by atoms with E-state index in [4.69, 9.17) is 5.11 Å². The van der Waals surface area contributed by atoms with Gasteiger partial charge in [0, 0.05) is 11.0 Å². The molecule has 1 aliphatic rings. The fraction of sp³-hybridized carbons (Fsp3) is 0.750. The predicted octanol–water partition coefficient (Wildman–Crippen LogP) is -0.894. The van der Waals surface area contributed by atoms with E-state index in [0.717, 1.165) is 0 Å². The summed E-state index contributed by atoms with van der Waals surface area (Å²) in [7, 11) is -2.93. The Morgan fingerprint density at radius 3 is 2.75 bits per heavy atom. The van der Waals surface area contributed by atoms with E-state index in [1.807, 2.05) is 0 Å². The number of sulfone groups is 1. The monoisotopic (exact) mass is 267 g/mol. The molecule has 0 saturated carbocycles.